The third kappa shape index (κ3) is 7.95. The first-order valence-electron chi connectivity index (χ1n) is 6.68. The van der Waals surface area contributed by atoms with E-state index in [0.717, 1.165) is 39.5 Å². The van der Waals surface area contributed by atoms with Crippen LogP contribution in [0.15, 0.2) is 30.3 Å². The first kappa shape index (κ1) is 16.1. The highest BCUT2D eigenvalue weighted by atomic mass is 16.5. The molecule has 0 saturated heterocycles. The van der Waals surface area contributed by atoms with Crippen molar-refractivity contribution >= 4 is 0 Å². The number of hydrogen-bond acceptors (Lipinski definition) is 4. The number of ether oxygens (including phenoxy) is 3. The van der Waals surface area contributed by atoms with Crippen LogP contribution < -0.4 is 0 Å². The lowest BCUT2D eigenvalue weighted by Crippen LogP contribution is -2.33. The Kier molecular flexibility index (Phi) is 9.27. The van der Waals surface area contributed by atoms with Gasteiger partial charge in [0, 0.05) is 33.9 Å². The maximum atomic E-state index is 5.69. The second-order valence-electron chi connectivity index (χ2n) is 4.37. The lowest BCUT2D eigenvalue weighted by molar-refractivity contribution is 0.0666. The highest BCUT2D eigenvalue weighted by molar-refractivity contribution is 5.13. The van der Waals surface area contributed by atoms with Crippen molar-refractivity contribution in [3.8, 4) is 0 Å². The van der Waals surface area contributed by atoms with E-state index in [1.54, 1.807) is 14.2 Å². The Labute approximate surface area is 116 Å². The van der Waals surface area contributed by atoms with Gasteiger partial charge >= 0.3 is 0 Å². The number of rotatable bonds is 11. The SMILES string of the molecule is COCCN(CCOC)CCOCc1ccccc1. The maximum Gasteiger partial charge on any atom is 0.0717 e. The van der Waals surface area contributed by atoms with Crippen LogP contribution in [0.25, 0.3) is 0 Å². The molecule has 0 spiro atoms. The van der Waals surface area contributed by atoms with E-state index in [9.17, 15) is 0 Å². The summed E-state index contributed by atoms with van der Waals surface area (Å²) < 4.78 is 15.9. The van der Waals surface area contributed by atoms with E-state index in [0.29, 0.717) is 6.61 Å². The maximum absolute atomic E-state index is 5.69. The number of methoxy groups -OCH3 is 2. The summed E-state index contributed by atoms with van der Waals surface area (Å²) in [5.41, 5.74) is 1.21. The smallest absolute Gasteiger partial charge is 0.0717 e. The Morgan fingerprint density at radius 1 is 0.842 bits per heavy atom. The van der Waals surface area contributed by atoms with Gasteiger partial charge in [-0.2, -0.15) is 0 Å². The lowest BCUT2D eigenvalue weighted by atomic mass is 10.2. The molecule has 108 valence electrons. The first-order chi connectivity index (χ1) is 9.36. The zero-order valence-corrected chi connectivity index (χ0v) is 12.0. The van der Waals surface area contributed by atoms with Gasteiger partial charge in [-0.05, 0) is 5.56 Å². The van der Waals surface area contributed by atoms with E-state index in [1.165, 1.54) is 5.56 Å². The fraction of sp³-hybridized carbons (Fsp3) is 0.600. The van der Waals surface area contributed by atoms with Crippen LogP contribution in [0, 0.1) is 0 Å². The Morgan fingerprint density at radius 2 is 1.42 bits per heavy atom. The number of benzene rings is 1. The molecule has 0 fully saturated rings. The molecule has 0 aliphatic carbocycles. The Balaban J connectivity index is 2.16. The zero-order chi connectivity index (χ0) is 13.8. The molecule has 0 aliphatic heterocycles. The van der Waals surface area contributed by atoms with Crippen LogP contribution in [0.5, 0.6) is 0 Å². The van der Waals surface area contributed by atoms with Gasteiger partial charge in [0.25, 0.3) is 0 Å². The topological polar surface area (TPSA) is 30.9 Å². The summed E-state index contributed by atoms with van der Waals surface area (Å²) in [5.74, 6) is 0. The summed E-state index contributed by atoms with van der Waals surface area (Å²) in [5, 5.41) is 0. The normalized spacial score (nSPS) is 11.1. The highest BCUT2D eigenvalue weighted by Gasteiger charge is 2.04. The zero-order valence-electron chi connectivity index (χ0n) is 12.0. The summed E-state index contributed by atoms with van der Waals surface area (Å²) in [7, 11) is 3.45. The average Bonchev–Trinajstić information content (AvgIpc) is 2.46. The van der Waals surface area contributed by atoms with Crippen molar-refractivity contribution in [3.05, 3.63) is 35.9 Å². The molecular weight excluding hydrogens is 242 g/mol. The van der Waals surface area contributed by atoms with Gasteiger partial charge in [-0.3, -0.25) is 4.90 Å². The monoisotopic (exact) mass is 267 g/mol. The van der Waals surface area contributed by atoms with E-state index >= 15 is 0 Å². The molecule has 1 aromatic rings. The average molecular weight is 267 g/mol. The lowest BCUT2D eigenvalue weighted by Gasteiger charge is -2.21. The Bertz CT molecular complexity index is 298. The molecule has 4 heteroatoms. The highest BCUT2D eigenvalue weighted by Crippen LogP contribution is 2.00. The van der Waals surface area contributed by atoms with Crippen molar-refractivity contribution < 1.29 is 14.2 Å². The van der Waals surface area contributed by atoms with Gasteiger partial charge in [-0.25, -0.2) is 0 Å². The van der Waals surface area contributed by atoms with Crippen molar-refractivity contribution in [2.24, 2.45) is 0 Å². The predicted octanol–water partition coefficient (Wildman–Crippen LogP) is 1.80. The van der Waals surface area contributed by atoms with Crippen LogP contribution in [0.3, 0.4) is 0 Å². The molecule has 0 atom stereocenters. The second kappa shape index (κ2) is 10.9. The van der Waals surface area contributed by atoms with Gasteiger partial charge in [-0.15, -0.1) is 0 Å². The van der Waals surface area contributed by atoms with Gasteiger partial charge in [0.2, 0.25) is 0 Å². The van der Waals surface area contributed by atoms with Crippen LogP contribution in [0.4, 0.5) is 0 Å². The van der Waals surface area contributed by atoms with Gasteiger partial charge in [0.15, 0.2) is 0 Å². The molecule has 1 aromatic carbocycles. The quantitative estimate of drug-likeness (QED) is 0.572. The standard InChI is InChI=1S/C15H25NO3/c1-17-11-8-16(9-12-18-2)10-13-19-14-15-6-4-3-5-7-15/h3-7H,8-14H2,1-2H3. The minimum Gasteiger partial charge on any atom is -0.383 e. The molecule has 0 amide bonds. The summed E-state index contributed by atoms with van der Waals surface area (Å²) in [6, 6.07) is 10.2. The fourth-order valence-corrected chi connectivity index (χ4v) is 1.73. The van der Waals surface area contributed by atoms with E-state index in [1.807, 2.05) is 18.2 Å². The van der Waals surface area contributed by atoms with Crippen LogP contribution in [-0.4, -0.2) is 58.6 Å². The minimum absolute atomic E-state index is 0.670. The molecule has 0 unspecified atom stereocenters. The van der Waals surface area contributed by atoms with E-state index in [4.69, 9.17) is 14.2 Å². The van der Waals surface area contributed by atoms with Crippen LogP contribution >= 0.6 is 0 Å². The summed E-state index contributed by atoms with van der Waals surface area (Å²) >= 11 is 0. The van der Waals surface area contributed by atoms with Gasteiger partial charge < -0.3 is 14.2 Å². The Morgan fingerprint density at radius 3 is 2.00 bits per heavy atom. The van der Waals surface area contributed by atoms with Crippen molar-refractivity contribution in [2.45, 2.75) is 6.61 Å². The summed E-state index contributed by atoms with van der Waals surface area (Å²) in [4.78, 5) is 2.29. The third-order valence-electron chi connectivity index (χ3n) is 2.89. The van der Waals surface area contributed by atoms with Gasteiger partial charge in [-0.1, -0.05) is 30.3 Å². The van der Waals surface area contributed by atoms with Crippen LogP contribution in [0.2, 0.25) is 0 Å². The van der Waals surface area contributed by atoms with Crippen LogP contribution in [0.1, 0.15) is 5.56 Å². The Hall–Kier alpha value is -0.940. The van der Waals surface area contributed by atoms with Crippen LogP contribution in [-0.2, 0) is 20.8 Å². The molecule has 0 aliphatic rings. The van der Waals surface area contributed by atoms with E-state index < -0.39 is 0 Å². The fourth-order valence-electron chi connectivity index (χ4n) is 1.73. The summed E-state index contributed by atoms with van der Waals surface area (Å²) in [6.45, 7) is 5.60. The largest absolute Gasteiger partial charge is 0.383 e. The minimum atomic E-state index is 0.670. The molecule has 0 heterocycles. The molecule has 0 bridgehead atoms. The van der Waals surface area contributed by atoms with Crippen molar-refractivity contribution in [2.75, 3.05) is 53.7 Å². The van der Waals surface area contributed by atoms with Crippen molar-refractivity contribution in [3.63, 3.8) is 0 Å². The molecular formula is C15H25NO3. The second-order valence-corrected chi connectivity index (χ2v) is 4.37. The molecule has 0 aromatic heterocycles. The third-order valence-corrected chi connectivity index (χ3v) is 2.89. The predicted molar refractivity (Wildman–Crippen MR) is 76.3 cm³/mol. The van der Waals surface area contributed by atoms with Crippen molar-refractivity contribution in [1.82, 2.24) is 4.90 Å². The summed E-state index contributed by atoms with van der Waals surface area (Å²) in [6.07, 6.45) is 0. The van der Waals surface area contributed by atoms with Crippen molar-refractivity contribution in [1.29, 1.82) is 0 Å². The number of nitrogens with zero attached hydrogens (tertiary/aromatic N) is 1. The van der Waals surface area contributed by atoms with Gasteiger partial charge in [0.1, 0.15) is 0 Å². The number of hydrogen-bond donors (Lipinski definition) is 0. The molecule has 4 nitrogen and oxygen atoms in total. The van der Waals surface area contributed by atoms with Gasteiger partial charge in [0.05, 0.1) is 26.4 Å². The molecule has 0 saturated carbocycles. The van der Waals surface area contributed by atoms with E-state index in [2.05, 4.69) is 17.0 Å². The molecule has 0 radical (unpaired) electrons. The first-order valence-corrected chi connectivity index (χ1v) is 6.68. The van der Waals surface area contributed by atoms with E-state index in [-0.39, 0.29) is 0 Å². The molecule has 19 heavy (non-hydrogen) atoms. The molecule has 1 rings (SSSR count). The molecule has 0 N–H and O–H groups in total.